The van der Waals surface area contributed by atoms with Gasteiger partial charge in [0.25, 0.3) is 0 Å². The van der Waals surface area contributed by atoms with E-state index in [1.807, 2.05) is 11.3 Å². The summed E-state index contributed by atoms with van der Waals surface area (Å²) in [5.41, 5.74) is 14.4. The van der Waals surface area contributed by atoms with Gasteiger partial charge in [-0.3, -0.25) is 0 Å². The minimum atomic E-state index is -0.480. The van der Waals surface area contributed by atoms with Crippen LogP contribution in [-0.4, -0.2) is 0 Å². The third-order valence-electron chi connectivity index (χ3n) is 12.1. The molecule has 2 aromatic heterocycles. The van der Waals surface area contributed by atoms with Gasteiger partial charge in [0.05, 0.1) is 5.41 Å². The van der Waals surface area contributed by atoms with E-state index in [0.717, 1.165) is 50.1 Å². The molecule has 1 aliphatic rings. The fourth-order valence-corrected chi connectivity index (χ4v) is 10.7. The maximum atomic E-state index is 7.00. The number of benzene rings is 9. The molecule has 1 aliphatic carbocycles. The molecule has 2 nitrogen and oxygen atoms in total. The fraction of sp³-hybridized carbons (Fsp3) is 0.0182. The number of furan rings is 1. The zero-order valence-corrected chi connectivity index (χ0v) is 32.3. The predicted octanol–water partition coefficient (Wildman–Crippen LogP) is 15.5. The van der Waals surface area contributed by atoms with E-state index in [1.54, 1.807) is 0 Å². The maximum absolute atomic E-state index is 7.00. The molecule has 11 aromatic rings. The van der Waals surface area contributed by atoms with Crippen molar-refractivity contribution in [1.29, 1.82) is 0 Å². The zero-order chi connectivity index (χ0) is 38.2. The molecule has 0 radical (unpaired) electrons. The van der Waals surface area contributed by atoms with E-state index in [1.165, 1.54) is 53.6 Å². The van der Waals surface area contributed by atoms with E-state index < -0.39 is 5.41 Å². The van der Waals surface area contributed by atoms with Gasteiger partial charge in [-0.25, -0.2) is 0 Å². The van der Waals surface area contributed by atoms with E-state index in [0.29, 0.717) is 0 Å². The highest BCUT2D eigenvalue weighted by Gasteiger charge is 2.46. The predicted molar refractivity (Wildman–Crippen MR) is 244 cm³/mol. The van der Waals surface area contributed by atoms with Gasteiger partial charge in [-0.05, 0) is 99.6 Å². The molecule has 9 aromatic carbocycles. The van der Waals surface area contributed by atoms with Crippen LogP contribution in [0.1, 0.15) is 22.3 Å². The molecule has 0 fully saturated rings. The van der Waals surface area contributed by atoms with Gasteiger partial charge in [0.2, 0.25) is 0 Å². The molecule has 2 heterocycles. The number of hydrogen-bond donors (Lipinski definition) is 0. The van der Waals surface area contributed by atoms with E-state index in [2.05, 4.69) is 217 Å². The smallest absolute Gasteiger partial charge is 0.143 e. The highest BCUT2D eigenvalue weighted by atomic mass is 32.1. The minimum Gasteiger partial charge on any atom is -0.455 e. The SMILES string of the molecule is c1ccc(N(c2ccc(-c3cccc4c3oc3cc5c(cc34)-c3ccccc3C5(c3ccccc3)c3ccccc3)cc2)c2ccc3sc4ccccc4c3c2)cc1. The Bertz CT molecular complexity index is 3290. The van der Waals surface area contributed by atoms with Gasteiger partial charge in [0.15, 0.2) is 0 Å². The molecule has 12 rings (SSSR count). The maximum Gasteiger partial charge on any atom is 0.143 e. The minimum absolute atomic E-state index is 0.480. The number of rotatable bonds is 6. The summed E-state index contributed by atoms with van der Waals surface area (Å²) in [6, 6.07) is 77.2. The molecule has 0 aliphatic heterocycles. The Morgan fingerprint density at radius 2 is 0.983 bits per heavy atom. The molecule has 3 heteroatoms. The second kappa shape index (κ2) is 12.9. The fourth-order valence-electron chi connectivity index (χ4n) is 9.63. The number of thiophene rings is 1. The number of anilines is 3. The average Bonchev–Trinajstić information content (AvgIpc) is 3.95. The largest absolute Gasteiger partial charge is 0.455 e. The Kier molecular flexibility index (Phi) is 7.35. The Balaban J connectivity index is 1.00. The van der Waals surface area contributed by atoms with Crippen LogP contribution in [0.2, 0.25) is 0 Å². The van der Waals surface area contributed by atoms with Crippen molar-refractivity contribution in [3.05, 3.63) is 235 Å². The van der Waals surface area contributed by atoms with Crippen LogP contribution in [0.4, 0.5) is 17.1 Å². The molecule has 272 valence electrons. The van der Waals surface area contributed by atoms with Crippen molar-refractivity contribution in [2.24, 2.45) is 0 Å². The number of hydrogen-bond acceptors (Lipinski definition) is 3. The van der Waals surface area contributed by atoms with Gasteiger partial charge < -0.3 is 9.32 Å². The third-order valence-corrected chi connectivity index (χ3v) is 13.3. The van der Waals surface area contributed by atoms with Crippen molar-refractivity contribution < 1.29 is 4.42 Å². The molecule has 0 spiro atoms. The Morgan fingerprint density at radius 3 is 1.76 bits per heavy atom. The molecule has 0 amide bonds. The van der Waals surface area contributed by atoms with Crippen LogP contribution in [0.15, 0.2) is 217 Å². The Hall–Kier alpha value is -7.20. The first-order chi connectivity index (χ1) is 28.8. The van der Waals surface area contributed by atoms with E-state index in [4.69, 9.17) is 4.42 Å². The zero-order valence-electron chi connectivity index (χ0n) is 31.5. The third kappa shape index (κ3) is 4.84. The average molecular weight is 758 g/mol. The molecule has 0 N–H and O–H groups in total. The standard InChI is InChI=1S/C55H35NOS/c1-4-15-37(16-5-1)55(38-17-6-2-7-18-38)49-25-12-10-21-43(49)46-34-47-45-24-14-23-42(54(45)57-51(47)35-50(46)55)36-27-29-40(30-28-36)56(39-19-8-3-9-20-39)41-31-32-53-48(33-41)44-22-11-13-26-52(44)58-53/h1-35H. The quantitative estimate of drug-likeness (QED) is 0.168. The van der Waals surface area contributed by atoms with E-state index in [9.17, 15) is 0 Å². The van der Waals surface area contributed by atoms with Crippen molar-refractivity contribution in [3.63, 3.8) is 0 Å². The number of fused-ring (bicyclic) bond motifs is 9. The van der Waals surface area contributed by atoms with E-state index in [-0.39, 0.29) is 0 Å². The lowest BCUT2D eigenvalue weighted by atomic mass is 9.67. The summed E-state index contributed by atoms with van der Waals surface area (Å²) in [6.45, 7) is 0. The van der Waals surface area contributed by atoms with Gasteiger partial charge in [0, 0.05) is 53.6 Å². The lowest BCUT2D eigenvalue weighted by molar-refractivity contribution is 0.667. The van der Waals surface area contributed by atoms with Gasteiger partial charge >= 0.3 is 0 Å². The van der Waals surface area contributed by atoms with Crippen LogP contribution in [0, 0.1) is 0 Å². The first-order valence-electron chi connectivity index (χ1n) is 19.8. The molecular weight excluding hydrogens is 723 g/mol. The summed E-state index contributed by atoms with van der Waals surface area (Å²) in [7, 11) is 0. The molecule has 0 unspecified atom stereocenters. The van der Waals surface area contributed by atoms with Crippen molar-refractivity contribution in [2.45, 2.75) is 5.41 Å². The first-order valence-corrected chi connectivity index (χ1v) is 20.6. The second-order valence-corrected chi connectivity index (χ2v) is 16.3. The molecule has 0 saturated heterocycles. The van der Waals surface area contributed by atoms with Crippen molar-refractivity contribution >= 4 is 70.5 Å². The van der Waals surface area contributed by atoms with Crippen LogP contribution >= 0.6 is 11.3 Å². The van der Waals surface area contributed by atoms with Gasteiger partial charge in [-0.15, -0.1) is 11.3 Å². The van der Waals surface area contributed by atoms with Crippen LogP contribution in [0.5, 0.6) is 0 Å². The lowest BCUT2D eigenvalue weighted by Crippen LogP contribution is -2.28. The Morgan fingerprint density at radius 1 is 0.379 bits per heavy atom. The summed E-state index contributed by atoms with van der Waals surface area (Å²) in [5, 5.41) is 4.83. The Labute approximate surface area is 340 Å². The molecule has 0 bridgehead atoms. The van der Waals surface area contributed by atoms with Crippen molar-refractivity contribution in [3.8, 4) is 22.3 Å². The van der Waals surface area contributed by atoms with Crippen molar-refractivity contribution in [2.75, 3.05) is 4.90 Å². The van der Waals surface area contributed by atoms with Crippen LogP contribution in [0.25, 0.3) is 64.4 Å². The topological polar surface area (TPSA) is 16.4 Å². The highest BCUT2D eigenvalue weighted by Crippen LogP contribution is 2.57. The van der Waals surface area contributed by atoms with Crippen molar-refractivity contribution in [1.82, 2.24) is 0 Å². The van der Waals surface area contributed by atoms with E-state index >= 15 is 0 Å². The normalized spacial score (nSPS) is 13.0. The van der Waals surface area contributed by atoms with Crippen LogP contribution in [-0.2, 0) is 5.41 Å². The van der Waals surface area contributed by atoms with Crippen LogP contribution < -0.4 is 4.90 Å². The van der Waals surface area contributed by atoms with Gasteiger partial charge in [-0.2, -0.15) is 0 Å². The summed E-state index contributed by atoms with van der Waals surface area (Å²) in [4.78, 5) is 2.35. The lowest BCUT2D eigenvalue weighted by Gasteiger charge is -2.33. The summed E-state index contributed by atoms with van der Waals surface area (Å²) in [6.07, 6.45) is 0. The molecule has 0 atom stereocenters. The van der Waals surface area contributed by atoms with Crippen LogP contribution in [0.3, 0.4) is 0 Å². The summed E-state index contributed by atoms with van der Waals surface area (Å²) >= 11 is 1.85. The second-order valence-electron chi connectivity index (χ2n) is 15.2. The molecule has 0 saturated carbocycles. The molecular formula is C55H35NOS. The summed E-state index contributed by atoms with van der Waals surface area (Å²) < 4.78 is 9.61. The highest BCUT2D eigenvalue weighted by molar-refractivity contribution is 7.25. The number of para-hydroxylation sites is 2. The summed E-state index contributed by atoms with van der Waals surface area (Å²) in [5.74, 6) is 0. The van der Waals surface area contributed by atoms with Gasteiger partial charge in [0.1, 0.15) is 11.2 Å². The number of nitrogens with zero attached hydrogens (tertiary/aromatic N) is 1. The first kappa shape index (κ1) is 33.0. The monoisotopic (exact) mass is 757 g/mol. The molecule has 58 heavy (non-hydrogen) atoms. The van der Waals surface area contributed by atoms with Gasteiger partial charge in [-0.1, -0.05) is 152 Å².